The van der Waals surface area contributed by atoms with E-state index in [1.807, 2.05) is 0 Å². The monoisotopic (exact) mass is 210 g/mol. The molecule has 1 rings (SSSR count). The Labute approximate surface area is 65.0 Å². The normalized spacial score (nSPS) is 12.0. The highest BCUT2D eigenvalue weighted by molar-refractivity contribution is 9.09. The van der Waals surface area contributed by atoms with Gasteiger partial charge in [-0.3, -0.25) is 4.57 Å². The predicted octanol–water partition coefficient (Wildman–Crippen LogP) is 2.09. The van der Waals surface area contributed by atoms with Crippen LogP contribution in [0.25, 0.3) is 0 Å². The van der Waals surface area contributed by atoms with Gasteiger partial charge < -0.3 is 0 Å². The molecule has 5 heteroatoms. The molecule has 0 saturated heterocycles. The minimum atomic E-state index is -3.02. The maximum absolute atomic E-state index is 12.4. The number of aryl methyl sites for hydroxylation is 1. The summed E-state index contributed by atoms with van der Waals surface area (Å²) < 4.78 is 25.5. The summed E-state index contributed by atoms with van der Waals surface area (Å²) in [4.78, 5) is 0.616. The average molecular weight is 211 g/mol. The zero-order chi connectivity index (χ0) is 7.78. The lowest BCUT2D eigenvalue weighted by Crippen LogP contribution is -2.14. The third-order valence-corrected chi connectivity index (χ3v) is 1.48. The molecule has 1 aromatic rings. The molecule has 0 aliphatic carbocycles. The first kappa shape index (κ1) is 7.65. The topological polar surface area (TPSA) is 17.8 Å². The molecule has 10 heavy (non-hydrogen) atoms. The van der Waals surface area contributed by atoms with E-state index >= 15 is 0 Å². The van der Waals surface area contributed by atoms with Crippen molar-refractivity contribution in [3.05, 3.63) is 18.2 Å². The molecule has 0 spiro atoms. The zero-order valence-corrected chi connectivity index (χ0v) is 6.77. The van der Waals surface area contributed by atoms with Gasteiger partial charge in [-0.1, -0.05) is 0 Å². The van der Waals surface area contributed by atoms with Gasteiger partial charge in [0.2, 0.25) is 0 Å². The third kappa shape index (κ3) is 1.34. The first-order valence-electron chi connectivity index (χ1n) is 2.59. The van der Waals surface area contributed by atoms with Crippen LogP contribution in [0.1, 0.15) is 5.82 Å². The average Bonchev–Trinajstić information content (AvgIpc) is 2.11. The predicted molar refractivity (Wildman–Crippen MR) is 36.1 cm³/mol. The van der Waals surface area contributed by atoms with Crippen LogP contribution in [0.4, 0.5) is 8.78 Å². The third-order valence-electron chi connectivity index (χ3n) is 1.10. The fourth-order valence-electron chi connectivity index (χ4n) is 0.646. The van der Waals surface area contributed by atoms with Crippen LogP contribution in [0.3, 0.4) is 0 Å². The van der Waals surface area contributed by atoms with Crippen LogP contribution < -0.4 is 0 Å². The van der Waals surface area contributed by atoms with E-state index in [0.717, 1.165) is 4.57 Å². The second-order valence-corrected chi connectivity index (χ2v) is 2.77. The van der Waals surface area contributed by atoms with Crippen molar-refractivity contribution in [3.63, 3.8) is 0 Å². The summed E-state index contributed by atoms with van der Waals surface area (Å²) in [7, 11) is 0. The number of nitrogens with zero attached hydrogens (tertiary/aromatic N) is 2. The van der Waals surface area contributed by atoms with Gasteiger partial charge in [0.1, 0.15) is 5.82 Å². The fraction of sp³-hybridized carbons (Fsp3) is 0.400. The molecule has 1 aromatic heterocycles. The van der Waals surface area contributed by atoms with Crippen molar-refractivity contribution in [2.45, 2.75) is 11.9 Å². The lowest BCUT2D eigenvalue weighted by molar-refractivity contribution is 0.0310. The molecule has 1 heterocycles. The van der Waals surface area contributed by atoms with E-state index in [2.05, 4.69) is 20.9 Å². The van der Waals surface area contributed by atoms with Crippen LogP contribution in [0.15, 0.2) is 12.4 Å². The second kappa shape index (κ2) is 2.30. The summed E-state index contributed by atoms with van der Waals surface area (Å²) >= 11 is 2.21. The van der Waals surface area contributed by atoms with Crippen LogP contribution in [0, 0.1) is 6.92 Å². The SMILES string of the molecule is Cc1nccn1C(F)(F)Br. The quantitative estimate of drug-likeness (QED) is 0.650. The van der Waals surface area contributed by atoms with Crippen LogP contribution in [-0.4, -0.2) is 9.55 Å². The molecular weight excluding hydrogens is 206 g/mol. The van der Waals surface area contributed by atoms with Crippen LogP contribution >= 0.6 is 15.9 Å². The molecular formula is C5H5BrF2N2. The Balaban J connectivity index is 3.05. The Kier molecular flexibility index (Phi) is 1.76. The molecule has 0 unspecified atom stereocenters. The van der Waals surface area contributed by atoms with E-state index in [9.17, 15) is 8.78 Å². The summed E-state index contributed by atoms with van der Waals surface area (Å²) in [6, 6.07) is 0. The molecule has 0 fully saturated rings. The van der Waals surface area contributed by atoms with Gasteiger partial charge in [0.25, 0.3) is 0 Å². The Morgan fingerprint density at radius 3 is 2.50 bits per heavy atom. The summed E-state index contributed by atoms with van der Waals surface area (Å²) in [6.45, 7) is 1.51. The molecule has 2 nitrogen and oxygen atoms in total. The van der Waals surface area contributed by atoms with Crippen LogP contribution in [0.2, 0.25) is 0 Å². The fourth-order valence-corrected chi connectivity index (χ4v) is 1.02. The van der Waals surface area contributed by atoms with Gasteiger partial charge in [-0.2, -0.15) is 8.78 Å². The highest BCUT2D eigenvalue weighted by atomic mass is 79.9. The minimum Gasteiger partial charge on any atom is -0.265 e. The standard InChI is InChI=1S/C5H5BrF2N2/c1-4-9-2-3-10(4)5(6,7)8/h2-3H,1H3. The highest BCUT2D eigenvalue weighted by Gasteiger charge is 2.27. The highest BCUT2D eigenvalue weighted by Crippen LogP contribution is 2.28. The van der Waals surface area contributed by atoms with Gasteiger partial charge >= 0.3 is 4.96 Å². The molecule has 0 amide bonds. The van der Waals surface area contributed by atoms with Crippen molar-refractivity contribution < 1.29 is 8.78 Å². The maximum Gasteiger partial charge on any atom is 0.387 e. The minimum absolute atomic E-state index is 0.280. The molecule has 56 valence electrons. The van der Waals surface area contributed by atoms with Gasteiger partial charge in [-0.05, 0) is 6.92 Å². The summed E-state index contributed by atoms with van der Waals surface area (Å²) in [5.74, 6) is 0.280. The van der Waals surface area contributed by atoms with Gasteiger partial charge in [0, 0.05) is 28.3 Å². The van der Waals surface area contributed by atoms with Crippen molar-refractivity contribution in [2.24, 2.45) is 0 Å². The number of imidazole rings is 1. The van der Waals surface area contributed by atoms with E-state index in [4.69, 9.17) is 0 Å². The van der Waals surface area contributed by atoms with E-state index < -0.39 is 4.96 Å². The zero-order valence-electron chi connectivity index (χ0n) is 5.18. The molecule has 0 aliphatic heterocycles. The Hall–Kier alpha value is -0.450. The lowest BCUT2D eigenvalue weighted by atomic mass is 10.7. The Bertz CT molecular complexity index is 228. The number of rotatable bonds is 1. The van der Waals surface area contributed by atoms with Crippen molar-refractivity contribution in [3.8, 4) is 0 Å². The number of halogens is 3. The van der Waals surface area contributed by atoms with E-state index in [-0.39, 0.29) is 5.82 Å². The summed E-state index contributed by atoms with van der Waals surface area (Å²) in [5.41, 5.74) is 0. The Morgan fingerprint density at radius 2 is 2.30 bits per heavy atom. The Morgan fingerprint density at radius 1 is 1.70 bits per heavy atom. The van der Waals surface area contributed by atoms with E-state index in [1.54, 1.807) is 0 Å². The first-order valence-corrected chi connectivity index (χ1v) is 3.38. The van der Waals surface area contributed by atoms with Crippen molar-refractivity contribution >= 4 is 15.9 Å². The van der Waals surface area contributed by atoms with Crippen LogP contribution in [-0.2, 0) is 4.96 Å². The van der Waals surface area contributed by atoms with Crippen molar-refractivity contribution in [1.82, 2.24) is 9.55 Å². The van der Waals surface area contributed by atoms with E-state index in [1.165, 1.54) is 19.3 Å². The van der Waals surface area contributed by atoms with Gasteiger partial charge in [-0.25, -0.2) is 4.98 Å². The second-order valence-electron chi connectivity index (χ2n) is 1.81. The molecule has 0 saturated carbocycles. The molecule has 0 N–H and O–H groups in total. The summed E-state index contributed by atoms with van der Waals surface area (Å²) in [6.07, 6.45) is 2.54. The van der Waals surface area contributed by atoms with Gasteiger partial charge in [-0.15, -0.1) is 0 Å². The lowest BCUT2D eigenvalue weighted by Gasteiger charge is -2.10. The number of aromatic nitrogens is 2. The van der Waals surface area contributed by atoms with Crippen molar-refractivity contribution in [1.29, 1.82) is 0 Å². The number of hydrogen-bond donors (Lipinski definition) is 0. The van der Waals surface area contributed by atoms with E-state index in [0.29, 0.717) is 0 Å². The summed E-state index contributed by atoms with van der Waals surface area (Å²) in [5, 5.41) is 0. The molecule has 0 radical (unpaired) electrons. The smallest absolute Gasteiger partial charge is 0.265 e. The largest absolute Gasteiger partial charge is 0.387 e. The first-order chi connectivity index (χ1) is 4.52. The number of hydrogen-bond acceptors (Lipinski definition) is 1. The van der Waals surface area contributed by atoms with Crippen molar-refractivity contribution in [2.75, 3.05) is 0 Å². The number of alkyl halides is 3. The molecule has 0 aliphatic rings. The van der Waals surface area contributed by atoms with Crippen LogP contribution in [0.5, 0.6) is 0 Å². The molecule has 0 bridgehead atoms. The van der Waals surface area contributed by atoms with Gasteiger partial charge in [0.15, 0.2) is 0 Å². The molecule has 0 atom stereocenters. The maximum atomic E-state index is 12.4. The molecule has 0 aromatic carbocycles. The van der Waals surface area contributed by atoms with Gasteiger partial charge in [0.05, 0.1) is 0 Å².